The number of aromatic carboxylic acids is 1. The molecule has 1 aromatic carbocycles. The van der Waals surface area contributed by atoms with Crippen molar-refractivity contribution in [2.75, 3.05) is 5.73 Å². The number of aromatic nitrogens is 3. The minimum atomic E-state index is -1.25. The van der Waals surface area contributed by atoms with Crippen molar-refractivity contribution in [2.45, 2.75) is 6.54 Å². The lowest BCUT2D eigenvalue weighted by atomic mass is 10.2. The number of hydrogen-bond acceptors (Lipinski definition) is 8. The quantitative estimate of drug-likeness (QED) is 0.546. The zero-order chi connectivity index (χ0) is 20.1. The van der Waals surface area contributed by atoms with E-state index >= 15 is 0 Å². The lowest BCUT2D eigenvalue weighted by Gasteiger charge is -2.05. The van der Waals surface area contributed by atoms with Gasteiger partial charge in [-0.25, -0.2) is 19.2 Å². The molecule has 0 radical (unpaired) electrons. The van der Waals surface area contributed by atoms with Crippen LogP contribution in [0.3, 0.4) is 0 Å². The van der Waals surface area contributed by atoms with Crippen LogP contribution < -0.4 is 11.5 Å². The highest BCUT2D eigenvalue weighted by molar-refractivity contribution is 6.10. The molecule has 0 unspecified atom stereocenters. The van der Waals surface area contributed by atoms with Crippen LogP contribution in [0.4, 0.5) is 10.2 Å². The minimum Gasteiger partial charge on any atom is -0.477 e. The number of rotatable bonds is 6. The number of hydrogen-bond donors (Lipinski definition) is 3. The summed E-state index contributed by atoms with van der Waals surface area (Å²) in [5.74, 6) is -1.84. The Hall–Kier alpha value is -4.08. The molecule has 9 nitrogen and oxygen atoms in total. The number of nitrogens with two attached hydrogens (primary N) is 2. The summed E-state index contributed by atoms with van der Waals surface area (Å²) < 4.78 is 18.7. The van der Waals surface area contributed by atoms with E-state index < -0.39 is 5.97 Å². The maximum atomic E-state index is 13.8. The van der Waals surface area contributed by atoms with Crippen LogP contribution in [0.15, 0.2) is 58.4 Å². The molecule has 0 amide bonds. The van der Waals surface area contributed by atoms with Gasteiger partial charge in [-0.2, -0.15) is 0 Å². The van der Waals surface area contributed by atoms with E-state index in [0.29, 0.717) is 17.0 Å². The summed E-state index contributed by atoms with van der Waals surface area (Å²) >= 11 is 0. The molecule has 2 aromatic heterocycles. The number of nitrogen functional groups attached to an aromatic ring is 1. The molecular weight excluding hydrogens is 367 g/mol. The highest BCUT2D eigenvalue weighted by atomic mass is 19.1. The topological polar surface area (TPSA) is 154 Å². The Morgan fingerprint density at radius 2 is 2.11 bits per heavy atom. The molecule has 0 atom stereocenters. The van der Waals surface area contributed by atoms with Crippen molar-refractivity contribution >= 4 is 23.2 Å². The first-order valence-electron chi connectivity index (χ1n) is 7.97. The van der Waals surface area contributed by atoms with Crippen molar-refractivity contribution in [2.24, 2.45) is 10.7 Å². The molecule has 0 bridgehead atoms. The zero-order valence-electron chi connectivity index (χ0n) is 14.4. The van der Waals surface area contributed by atoms with Gasteiger partial charge in [0.25, 0.3) is 0 Å². The van der Waals surface area contributed by atoms with Crippen molar-refractivity contribution in [3.8, 4) is 0 Å². The van der Waals surface area contributed by atoms with Crippen LogP contribution in [0, 0.1) is 5.82 Å². The number of carbonyl (C=O) groups is 1. The fraction of sp³-hybridized carbons (Fsp3) is 0.0556. The van der Waals surface area contributed by atoms with Gasteiger partial charge < -0.3 is 21.1 Å². The summed E-state index contributed by atoms with van der Waals surface area (Å²) in [6.45, 7) is 0.0413. The Bertz CT molecular complexity index is 1060. The van der Waals surface area contributed by atoms with E-state index in [9.17, 15) is 9.18 Å². The Kier molecular flexibility index (Phi) is 5.40. The van der Waals surface area contributed by atoms with Gasteiger partial charge in [-0.05, 0) is 12.1 Å². The largest absolute Gasteiger partial charge is 0.477 e. The lowest BCUT2D eigenvalue weighted by molar-refractivity contribution is 0.0697. The number of halogens is 1. The summed E-state index contributed by atoms with van der Waals surface area (Å²) in [4.78, 5) is 23.2. The maximum Gasteiger partial charge on any atom is 0.341 e. The predicted octanol–water partition coefficient (Wildman–Crippen LogP) is 1.87. The molecule has 0 aliphatic rings. The number of carboxylic acid groups (broad SMARTS) is 1. The SMILES string of the molecule is NC(=CC(=NCc1ccccc1F)c1ccon1)c1ncc(C(=O)O)c(N)n1. The number of aliphatic imine (C=N–C) groups is 1. The molecule has 0 aliphatic carbocycles. The summed E-state index contributed by atoms with van der Waals surface area (Å²) in [6, 6.07) is 7.80. The van der Waals surface area contributed by atoms with Crippen LogP contribution in [0.1, 0.15) is 27.4 Å². The van der Waals surface area contributed by atoms with Crippen molar-refractivity contribution < 1.29 is 18.8 Å². The van der Waals surface area contributed by atoms with E-state index in [1.807, 2.05) is 0 Å². The molecule has 0 aliphatic heterocycles. The second-order valence-corrected chi connectivity index (χ2v) is 5.57. The summed E-state index contributed by atoms with van der Waals surface area (Å²) in [5, 5.41) is 12.8. The third kappa shape index (κ3) is 4.18. The Morgan fingerprint density at radius 3 is 2.75 bits per heavy atom. The molecule has 0 fully saturated rings. The van der Waals surface area contributed by atoms with Crippen molar-refractivity contribution in [3.63, 3.8) is 0 Å². The molecule has 142 valence electrons. The van der Waals surface area contributed by atoms with Gasteiger partial charge in [-0.1, -0.05) is 23.4 Å². The smallest absolute Gasteiger partial charge is 0.341 e. The number of carboxylic acids is 1. The number of anilines is 1. The normalized spacial score (nSPS) is 12.2. The molecular formula is C18H15FN6O3. The van der Waals surface area contributed by atoms with Gasteiger partial charge >= 0.3 is 5.97 Å². The number of nitrogens with zero attached hydrogens (tertiary/aromatic N) is 4. The van der Waals surface area contributed by atoms with E-state index in [-0.39, 0.29) is 35.3 Å². The minimum absolute atomic E-state index is 0.0181. The van der Waals surface area contributed by atoms with Crippen LogP contribution in [-0.2, 0) is 6.54 Å². The van der Waals surface area contributed by atoms with Crippen LogP contribution in [0.25, 0.3) is 5.70 Å². The number of benzene rings is 1. The van der Waals surface area contributed by atoms with Crippen LogP contribution in [-0.4, -0.2) is 31.9 Å². The first-order chi connectivity index (χ1) is 13.5. The van der Waals surface area contributed by atoms with Gasteiger partial charge in [-0.3, -0.25) is 4.99 Å². The van der Waals surface area contributed by atoms with E-state index in [1.165, 1.54) is 18.4 Å². The molecule has 2 heterocycles. The Balaban J connectivity index is 1.95. The third-order valence-corrected chi connectivity index (χ3v) is 3.68. The molecule has 0 spiro atoms. The van der Waals surface area contributed by atoms with Crippen LogP contribution in [0.2, 0.25) is 0 Å². The van der Waals surface area contributed by atoms with Gasteiger partial charge in [-0.15, -0.1) is 0 Å². The summed E-state index contributed by atoms with van der Waals surface area (Å²) in [5.41, 5.74) is 12.5. The lowest BCUT2D eigenvalue weighted by Crippen LogP contribution is -2.12. The van der Waals surface area contributed by atoms with E-state index in [1.54, 1.807) is 24.3 Å². The second kappa shape index (κ2) is 8.08. The van der Waals surface area contributed by atoms with Gasteiger partial charge in [0.1, 0.15) is 29.2 Å². The fourth-order valence-electron chi connectivity index (χ4n) is 2.25. The summed E-state index contributed by atoms with van der Waals surface area (Å²) in [6.07, 6.45) is 3.84. The highest BCUT2D eigenvalue weighted by Gasteiger charge is 2.13. The van der Waals surface area contributed by atoms with Crippen molar-refractivity contribution in [3.05, 3.63) is 77.3 Å². The van der Waals surface area contributed by atoms with E-state index in [0.717, 1.165) is 6.20 Å². The zero-order valence-corrected chi connectivity index (χ0v) is 14.4. The van der Waals surface area contributed by atoms with Crippen molar-refractivity contribution in [1.82, 2.24) is 15.1 Å². The second-order valence-electron chi connectivity index (χ2n) is 5.57. The van der Waals surface area contributed by atoms with Crippen molar-refractivity contribution in [1.29, 1.82) is 0 Å². The Morgan fingerprint density at radius 1 is 1.32 bits per heavy atom. The molecule has 5 N–H and O–H groups in total. The molecule has 3 aromatic rings. The van der Waals surface area contributed by atoms with Gasteiger partial charge in [0, 0.05) is 17.8 Å². The average Bonchev–Trinajstić information content (AvgIpc) is 3.20. The van der Waals surface area contributed by atoms with Gasteiger partial charge in [0.05, 0.1) is 18.0 Å². The van der Waals surface area contributed by atoms with Gasteiger partial charge in [0.2, 0.25) is 0 Å². The van der Waals surface area contributed by atoms with E-state index in [4.69, 9.17) is 21.1 Å². The standard InChI is InChI=1S/C18H15FN6O3/c19-12-4-2-1-3-10(12)8-22-15(14-5-6-28-25-14)7-13(20)17-23-9-11(18(26)27)16(21)24-17/h1-7,9H,8,20H2,(H,26,27)(H2,21,23,24). The maximum absolute atomic E-state index is 13.8. The molecule has 0 saturated heterocycles. The predicted molar refractivity (Wildman–Crippen MR) is 98.7 cm³/mol. The Labute approximate surface area is 158 Å². The number of allylic oxidation sites excluding steroid dienone is 1. The third-order valence-electron chi connectivity index (χ3n) is 3.68. The monoisotopic (exact) mass is 382 g/mol. The molecule has 0 saturated carbocycles. The summed E-state index contributed by atoms with van der Waals surface area (Å²) in [7, 11) is 0. The first-order valence-corrected chi connectivity index (χ1v) is 7.97. The molecule has 3 rings (SSSR count). The molecule has 28 heavy (non-hydrogen) atoms. The first kappa shape index (κ1) is 18.7. The van der Waals surface area contributed by atoms with Gasteiger partial charge in [0.15, 0.2) is 5.82 Å². The van der Waals surface area contributed by atoms with E-state index in [2.05, 4.69) is 20.1 Å². The molecule has 10 heteroatoms. The fourth-order valence-corrected chi connectivity index (χ4v) is 2.25. The van der Waals surface area contributed by atoms with Crippen LogP contribution >= 0.6 is 0 Å². The average molecular weight is 382 g/mol. The van der Waals surface area contributed by atoms with Crippen LogP contribution in [0.5, 0.6) is 0 Å². The highest BCUT2D eigenvalue weighted by Crippen LogP contribution is 2.13.